The molecule has 0 spiro atoms. The SMILES string of the molecule is CC(=O)N[C@H](CSC/C=C(\C)CC/C=C(\C)CCC=C(C)C)c1nn[nH]n1.[C-]#[N+][C@@H](CSC/C=C(\C)CC/C=C(\C)CCC=C(C)C)NC(C)=O.[N-]=[N+]=[N-].[Na+]. The Hall–Kier alpha value is -3.05. The first-order valence-corrected chi connectivity index (χ1v) is 20.6. The summed E-state index contributed by atoms with van der Waals surface area (Å²) in [6.45, 7) is 27.3. The standard InChI is InChI=1S/C20H33N5OS.C20H32N2OS.N3.Na/c1-15(2)8-6-9-16(3)10-7-11-17(4)12-13-27-14-19(21-18(5)26)20-22-24-25-23-20;1-16(2)9-7-10-17(3)11-8-12-18(4)13-14-24-15-20(21-6)22-19(5)23;1-3-2;/h8,10,12,19H,6-7,9,11,13-14H2,1-5H3,(H,21,26)(H,22,23,24,25);9,11,13,20H,7-8,10,12,14-15H2,1-5H3,(H,22,23);;/q;;-1;+1/b16-10+,17-12+;17-11+,18-13+;;/t19-;20-;;/m11../s1. The molecule has 15 heteroatoms. The van der Waals surface area contributed by atoms with Crippen molar-refractivity contribution in [3.63, 3.8) is 0 Å². The Morgan fingerprint density at radius 2 is 1.09 bits per heavy atom. The van der Waals surface area contributed by atoms with Gasteiger partial charge in [0.25, 0.3) is 0 Å². The second kappa shape index (κ2) is 37.9. The Kier molecular flexibility index (Phi) is 38.7. The topological polar surface area (TPSA) is 176 Å². The molecule has 2 atom stereocenters. The number of aromatic nitrogens is 4. The summed E-state index contributed by atoms with van der Waals surface area (Å²) in [6, 6.07) is -0.216. The number of thioether (sulfide) groups is 2. The van der Waals surface area contributed by atoms with E-state index in [1.54, 1.807) is 23.5 Å². The Balaban J connectivity index is -0.000000907. The van der Waals surface area contributed by atoms with Crippen LogP contribution in [0.2, 0.25) is 0 Å². The van der Waals surface area contributed by atoms with Gasteiger partial charge in [-0.05, 0) is 107 Å². The molecule has 1 aromatic heterocycles. The van der Waals surface area contributed by atoms with Gasteiger partial charge in [0, 0.05) is 31.1 Å². The largest absolute Gasteiger partial charge is 1.00 e. The van der Waals surface area contributed by atoms with E-state index in [4.69, 9.17) is 17.6 Å². The van der Waals surface area contributed by atoms with Crippen LogP contribution in [0.25, 0.3) is 20.8 Å². The fourth-order valence-corrected chi connectivity index (χ4v) is 6.46. The molecule has 0 aliphatic heterocycles. The molecule has 0 saturated heterocycles. The van der Waals surface area contributed by atoms with E-state index in [1.807, 2.05) is 0 Å². The van der Waals surface area contributed by atoms with Crippen LogP contribution in [0.5, 0.6) is 0 Å². The molecule has 1 heterocycles. The minimum Gasteiger partial charge on any atom is -0.373 e. The van der Waals surface area contributed by atoms with Gasteiger partial charge in [0.15, 0.2) is 5.82 Å². The monoisotopic (exact) mass is 804 g/mol. The van der Waals surface area contributed by atoms with Crippen molar-refractivity contribution >= 4 is 35.3 Å². The van der Waals surface area contributed by atoms with Gasteiger partial charge >= 0.3 is 35.7 Å². The Morgan fingerprint density at radius 1 is 0.691 bits per heavy atom. The molecule has 0 aliphatic rings. The number of hydrogen-bond acceptors (Lipinski definition) is 7. The second-order valence-corrected chi connectivity index (χ2v) is 15.6. The Labute approximate surface area is 362 Å². The van der Waals surface area contributed by atoms with Crippen molar-refractivity contribution in [2.24, 2.45) is 0 Å². The summed E-state index contributed by atoms with van der Waals surface area (Å²) < 4.78 is 0. The molecule has 3 N–H and O–H groups in total. The van der Waals surface area contributed by atoms with E-state index in [0.717, 1.165) is 62.9 Å². The molecule has 300 valence electrons. The van der Waals surface area contributed by atoms with Crippen molar-refractivity contribution in [2.45, 2.75) is 133 Å². The molecule has 2 amide bonds. The number of hydrogen-bond donors (Lipinski definition) is 3. The van der Waals surface area contributed by atoms with Crippen LogP contribution in [0.1, 0.15) is 132 Å². The maximum atomic E-state index is 11.3. The molecule has 0 aliphatic carbocycles. The maximum absolute atomic E-state index is 11.3. The van der Waals surface area contributed by atoms with Crippen LogP contribution in [0.4, 0.5) is 0 Å². The van der Waals surface area contributed by atoms with Gasteiger partial charge in [0.05, 0.1) is 5.75 Å². The third-order valence-electron chi connectivity index (χ3n) is 7.48. The summed E-state index contributed by atoms with van der Waals surface area (Å²) in [4.78, 5) is 27.2. The number of allylic oxidation sites excluding steroid dienone is 10. The number of carbonyl (C=O) groups is 2. The predicted octanol–water partition coefficient (Wildman–Crippen LogP) is 7.92. The van der Waals surface area contributed by atoms with Crippen molar-refractivity contribution in [2.75, 3.05) is 23.0 Å². The molecular weight excluding hydrogens is 740 g/mol. The number of tetrazole rings is 1. The van der Waals surface area contributed by atoms with Crippen molar-refractivity contribution in [1.82, 2.24) is 31.3 Å². The fourth-order valence-electron chi connectivity index (χ4n) is 4.53. The number of rotatable bonds is 23. The summed E-state index contributed by atoms with van der Waals surface area (Å²) >= 11 is 3.43. The first-order chi connectivity index (χ1) is 25.6. The van der Waals surface area contributed by atoms with Crippen LogP contribution in [-0.2, 0) is 9.59 Å². The van der Waals surface area contributed by atoms with Gasteiger partial charge in [-0.2, -0.15) is 17.0 Å². The van der Waals surface area contributed by atoms with E-state index in [9.17, 15) is 9.59 Å². The van der Waals surface area contributed by atoms with E-state index in [2.05, 4.69) is 128 Å². The van der Waals surface area contributed by atoms with Crippen LogP contribution in [0, 0.1) is 6.57 Å². The molecule has 0 fully saturated rings. The zero-order chi connectivity index (χ0) is 41.1. The van der Waals surface area contributed by atoms with E-state index < -0.39 is 6.17 Å². The molecule has 0 saturated carbocycles. The molecule has 0 aromatic carbocycles. The molecule has 0 bridgehead atoms. The third-order valence-corrected chi connectivity index (χ3v) is 9.41. The van der Waals surface area contributed by atoms with Crippen molar-refractivity contribution in [1.29, 1.82) is 0 Å². The molecule has 0 radical (unpaired) electrons. The molecular formula is C40H65N10NaO2S2. The summed E-state index contributed by atoms with van der Waals surface area (Å²) in [6.07, 6.45) is 22.3. The zero-order valence-corrected chi connectivity index (χ0v) is 39.0. The van der Waals surface area contributed by atoms with E-state index in [0.29, 0.717) is 17.3 Å². The van der Waals surface area contributed by atoms with Crippen LogP contribution in [-0.4, -0.2) is 61.6 Å². The maximum Gasteiger partial charge on any atom is 1.00 e. The Morgan fingerprint density at radius 3 is 1.45 bits per heavy atom. The average Bonchev–Trinajstić information content (AvgIpc) is 3.63. The number of H-pyrrole nitrogens is 1. The summed E-state index contributed by atoms with van der Waals surface area (Å²) in [5.41, 5.74) is 22.0. The number of carbonyl (C=O) groups excluding carboxylic acids is 2. The fraction of sp³-hybridized carbons (Fsp3) is 0.600. The predicted molar refractivity (Wildman–Crippen MR) is 230 cm³/mol. The van der Waals surface area contributed by atoms with Crippen molar-refractivity contribution in [3.8, 4) is 0 Å². The number of amides is 2. The van der Waals surface area contributed by atoms with Gasteiger partial charge in [0.2, 0.25) is 11.8 Å². The number of nitrogens with zero attached hydrogens (tertiary/aromatic N) is 7. The molecule has 1 aromatic rings. The minimum atomic E-state index is -0.410. The number of nitrogens with one attached hydrogen (secondary N) is 3. The smallest absolute Gasteiger partial charge is 0.373 e. The van der Waals surface area contributed by atoms with Gasteiger partial charge in [-0.3, -0.25) is 24.7 Å². The van der Waals surface area contributed by atoms with Gasteiger partial charge in [-0.1, -0.05) is 75.1 Å². The summed E-state index contributed by atoms with van der Waals surface area (Å²) in [5, 5.41) is 19.4. The molecule has 55 heavy (non-hydrogen) atoms. The third kappa shape index (κ3) is 39.0. The van der Waals surface area contributed by atoms with E-state index >= 15 is 0 Å². The molecule has 0 unspecified atom stereocenters. The van der Waals surface area contributed by atoms with Gasteiger partial charge in [0.1, 0.15) is 6.04 Å². The van der Waals surface area contributed by atoms with Crippen LogP contribution >= 0.6 is 23.5 Å². The molecule has 12 nitrogen and oxygen atoms in total. The normalized spacial score (nSPS) is 12.5. The number of aromatic amines is 1. The van der Waals surface area contributed by atoms with Crippen molar-refractivity contribution < 1.29 is 39.1 Å². The second-order valence-electron chi connectivity index (χ2n) is 13.5. The van der Waals surface area contributed by atoms with Crippen LogP contribution < -0.4 is 40.2 Å². The van der Waals surface area contributed by atoms with Gasteiger partial charge in [-0.25, -0.2) is 6.57 Å². The summed E-state index contributed by atoms with van der Waals surface area (Å²) in [7, 11) is 0. The average molecular weight is 805 g/mol. The van der Waals surface area contributed by atoms with E-state index in [-0.39, 0.29) is 47.4 Å². The first kappa shape index (κ1) is 56.3. The van der Waals surface area contributed by atoms with Gasteiger partial charge in [-0.15, -0.1) is 22.0 Å². The first-order valence-electron chi connectivity index (χ1n) is 18.3. The van der Waals surface area contributed by atoms with Crippen LogP contribution in [0.15, 0.2) is 69.9 Å². The van der Waals surface area contributed by atoms with E-state index in [1.165, 1.54) is 52.2 Å². The quantitative estimate of drug-likeness (QED) is 0.0192. The van der Waals surface area contributed by atoms with Crippen molar-refractivity contribution in [3.05, 3.63) is 103 Å². The minimum absolute atomic E-state index is 0. The van der Waals surface area contributed by atoms with Crippen LogP contribution in [0.3, 0.4) is 0 Å². The molecule has 1 rings (SSSR count). The van der Waals surface area contributed by atoms with Gasteiger partial charge < -0.3 is 16.4 Å². The Bertz CT molecular complexity index is 1460. The summed E-state index contributed by atoms with van der Waals surface area (Å²) in [5.74, 6) is 3.43. The zero-order valence-electron chi connectivity index (χ0n) is 35.4.